The molecule has 3 aromatic rings. The number of benzene rings is 3. The Morgan fingerprint density at radius 3 is 2.50 bits per heavy atom. The van der Waals surface area contributed by atoms with Crippen LogP contribution in [0.25, 0.3) is 11.1 Å². The van der Waals surface area contributed by atoms with Crippen LogP contribution in [0.2, 0.25) is 0 Å². The highest BCUT2D eigenvalue weighted by Crippen LogP contribution is 2.42. The zero-order valence-electron chi connectivity index (χ0n) is 19.7. The number of amides is 2. The second kappa shape index (κ2) is 9.55. The number of carbonyl (C=O) groups excluding carboxylic acids is 2. The summed E-state index contributed by atoms with van der Waals surface area (Å²) < 4.78 is 19.1. The summed E-state index contributed by atoms with van der Waals surface area (Å²) in [4.78, 5) is 25.8. The van der Waals surface area contributed by atoms with E-state index in [1.807, 2.05) is 48.2 Å². The van der Waals surface area contributed by atoms with Gasteiger partial charge in [-0.15, -0.1) is 0 Å². The lowest BCUT2D eigenvalue weighted by atomic mass is 9.88. The minimum atomic E-state index is -0.371. The topological polar surface area (TPSA) is 70.7 Å². The van der Waals surface area contributed by atoms with Gasteiger partial charge in [0.15, 0.2) is 0 Å². The molecule has 4 rings (SSSR count). The molecule has 0 fully saturated rings. The Kier molecular flexibility index (Phi) is 6.54. The summed E-state index contributed by atoms with van der Waals surface area (Å²) in [6, 6.07) is 17.9. The molecule has 3 aromatic carbocycles. The van der Waals surface area contributed by atoms with Gasteiger partial charge >= 0.3 is 0 Å². The highest BCUT2D eigenvalue weighted by molar-refractivity contribution is 5.94. The van der Waals surface area contributed by atoms with Crippen LogP contribution in [0.5, 0.6) is 5.75 Å². The number of ether oxygens (including phenoxy) is 1. The molecule has 176 valence electrons. The van der Waals surface area contributed by atoms with Crippen molar-refractivity contribution in [1.29, 1.82) is 0 Å². The van der Waals surface area contributed by atoms with Crippen LogP contribution in [0.15, 0.2) is 60.7 Å². The van der Waals surface area contributed by atoms with Crippen molar-refractivity contribution >= 4 is 28.9 Å². The van der Waals surface area contributed by atoms with Crippen LogP contribution in [0.3, 0.4) is 0 Å². The molecule has 2 atom stereocenters. The van der Waals surface area contributed by atoms with Gasteiger partial charge in [-0.1, -0.05) is 18.2 Å². The summed E-state index contributed by atoms with van der Waals surface area (Å²) in [6.45, 7) is 5.07. The molecule has 0 saturated carbocycles. The first-order chi connectivity index (χ1) is 16.3. The molecule has 7 heteroatoms. The highest BCUT2D eigenvalue weighted by Gasteiger charge is 2.33. The summed E-state index contributed by atoms with van der Waals surface area (Å²) >= 11 is 0. The maximum Gasteiger partial charge on any atom is 0.224 e. The Morgan fingerprint density at radius 1 is 1.03 bits per heavy atom. The molecule has 34 heavy (non-hydrogen) atoms. The second-order valence-electron chi connectivity index (χ2n) is 8.55. The molecule has 0 unspecified atom stereocenters. The fraction of sp³-hybridized carbons (Fsp3) is 0.259. The van der Waals surface area contributed by atoms with Crippen LogP contribution in [-0.4, -0.2) is 25.0 Å². The van der Waals surface area contributed by atoms with Crippen molar-refractivity contribution in [2.45, 2.75) is 39.3 Å². The lowest BCUT2D eigenvalue weighted by molar-refractivity contribution is -0.117. The van der Waals surface area contributed by atoms with E-state index in [1.54, 1.807) is 13.0 Å². The molecule has 1 aliphatic rings. The van der Waals surface area contributed by atoms with E-state index in [0.29, 0.717) is 23.5 Å². The van der Waals surface area contributed by atoms with Gasteiger partial charge in [-0.2, -0.15) is 0 Å². The fourth-order valence-electron chi connectivity index (χ4n) is 4.61. The van der Waals surface area contributed by atoms with Crippen molar-refractivity contribution in [2.75, 3.05) is 22.6 Å². The van der Waals surface area contributed by atoms with Crippen molar-refractivity contribution in [3.63, 3.8) is 0 Å². The number of nitrogens with one attached hydrogen (secondary N) is 2. The molecule has 0 radical (unpaired) electrons. The standard InChI is InChI=1S/C27H28FN3O3/c1-16-12-25(30-24-10-9-21(28)15-27(24)34-4)23-14-20(8-11-26(23)31(16)18(3)33)19-6-5-7-22(13-19)29-17(2)32/h5-11,13-16,25,30H,12H2,1-4H3,(H,29,32)/t16-,25+/m0/s1. The molecule has 0 aliphatic carbocycles. The number of nitrogens with zero attached hydrogens (tertiary/aromatic N) is 1. The van der Waals surface area contributed by atoms with E-state index in [9.17, 15) is 14.0 Å². The minimum Gasteiger partial charge on any atom is -0.494 e. The first-order valence-corrected chi connectivity index (χ1v) is 11.2. The number of halogens is 1. The van der Waals surface area contributed by atoms with Crippen molar-refractivity contribution < 1.29 is 18.7 Å². The average Bonchev–Trinajstić information content (AvgIpc) is 2.79. The van der Waals surface area contributed by atoms with Crippen LogP contribution in [0.4, 0.5) is 21.5 Å². The van der Waals surface area contributed by atoms with E-state index in [0.717, 1.165) is 22.4 Å². The van der Waals surface area contributed by atoms with Gasteiger partial charge in [0.1, 0.15) is 11.6 Å². The third-order valence-corrected chi connectivity index (χ3v) is 6.03. The van der Waals surface area contributed by atoms with Gasteiger partial charge in [0.05, 0.1) is 18.8 Å². The number of rotatable bonds is 5. The SMILES string of the molecule is COc1cc(F)ccc1N[C@@H]1C[C@H](C)N(C(C)=O)c2ccc(-c3cccc(NC(C)=O)c3)cc21. The van der Waals surface area contributed by atoms with Gasteiger partial charge in [-0.25, -0.2) is 4.39 Å². The Morgan fingerprint density at radius 2 is 1.79 bits per heavy atom. The molecule has 2 N–H and O–H groups in total. The van der Waals surface area contributed by atoms with Crippen molar-refractivity contribution in [2.24, 2.45) is 0 Å². The number of carbonyl (C=O) groups is 2. The normalized spacial score (nSPS) is 17.0. The fourth-order valence-corrected chi connectivity index (χ4v) is 4.61. The third kappa shape index (κ3) is 4.73. The van der Waals surface area contributed by atoms with Crippen molar-refractivity contribution in [3.8, 4) is 16.9 Å². The van der Waals surface area contributed by atoms with E-state index in [-0.39, 0.29) is 29.7 Å². The third-order valence-electron chi connectivity index (χ3n) is 6.03. The predicted octanol–water partition coefficient (Wildman–Crippen LogP) is 5.76. The average molecular weight is 462 g/mol. The van der Waals surface area contributed by atoms with Gasteiger partial charge < -0.3 is 20.3 Å². The second-order valence-corrected chi connectivity index (χ2v) is 8.55. The minimum absolute atomic E-state index is 0.0213. The van der Waals surface area contributed by atoms with E-state index in [4.69, 9.17) is 4.74 Å². The first-order valence-electron chi connectivity index (χ1n) is 11.2. The van der Waals surface area contributed by atoms with Crippen molar-refractivity contribution in [3.05, 3.63) is 72.0 Å². The summed E-state index contributed by atoms with van der Waals surface area (Å²) in [7, 11) is 1.51. The molecule has 1 aliphatic heterocycles. The van der Waals surface area contributed by atoms with Gasteiger partial charge in [0, 0.05) is 37.3 Å². The number of methoxy groups -OCH3 is 1. The van der Waals surface area contributed by atoms with E-state index >= 15 is 0 Å². The van der Waals surface area contributed by atoms with E-state index < -0.39 is 0 Å². The molecule has 0 aromatic heterocycles. The molecular weight excluding hydrogens is 433 g/mol. The van der Waals surface area contributed by atoms with Crippen LogP contribution in [0, 0.1) is 5.82 Å². The Balaban J connectivity index is 1.78. The summed E-state index contributed by atoms with van der Waals surface area (Å²) in [5, 5.41) is 6.32. The predicted molar refractivity (Wildman–Crippen MR) is 133 cm³/mol. The Bertz CT molecular complexity index is 1240. The molecule has 0 bridgehead atoms. The molecule has 1 heterocycles. The zero-order chi connectivity index (χ0) is 24.4. The maximum atomic E-state index is 13.7. The van der Waals surface area contributed by atoms with Crippen LogP contribution >= 0.6 is 0 Å². The lowest BCUT2D eigenvalue weighted by Crippen LogP contribution is -2.43. The number of anilines is 3. The quantitative estimate of drug-likeness (QED) is 0.507. The number of hydrogen-bond acceptors (Lipinski definition) is 4. The van der Waals surface area contributed by atoms with Gasteiger partial charge in [-0.05, 0) is 66.4 Å². The summed E-state index contributed by atoms with van der Waals surface area (Å²) in [5.74, 6) is -0.107. The van der Waals surface area contributed by atoms with Gasteiger partial charge in [-0.3, -0.25) is 9.59 Å². The zero-order valence-corrected chi connectivity index (χ0v) is 19.7. The number of fused-ring (bicyclic) bond motifs is 1. The maximum absolute atomic E-state index is 13.7. The smallest absolute Gasteiger partial charge is 0.224 e. The molecule has 0 saturated heterocycles. The molecular formula is C27H28FN3O3. The van der Waals surface area contributed by atoms with Crippen LogP contribution < -0.4 is 20.3 Å². The Labute approximate surface area is 198 Å². The Hall–Kier alpha value is -3.87. The monoisotopic (exact) mass is 461 g/mol. The van der Waals surface area contributed by atoms with Gasteiger partial charge in [0.2, 0.25) is 11.8 Å². The van der Waals surface area contributed by atoms with Crippen molar-refractivity contribution in [1.82, 2.24) is 0 Å². The molecule has 2 amide bonds. The molecule has 6 nitrogen and oxygen atoms in total. The largest absolute Gasteiger partial charge is 0.494 e. The highest BCUT2D eigenvalue weighted by atomic mass is 19.1. The first kappa shape index (κ1) is 23.3. The van der Waals surface area contributed by atoms with Crippen LogP contribution in [-0.2, 0) is 9.59 Å². The molecule has 0 spiro atoms. The van der Waals surface area contributed by atoms with Gasteiger partial charge in [0.25, 0.3) is 0 Å². The van der Waals surface area contributed by atoms with E-state index in [1.165, 1.54) is 26.2 Å². The summed E-state index contributed by atoms with van der Waals surface area (Å²) in [6.07, 6.45) is 0.669. The van der Waals surface area contributed by atoms with E-state index in [2.05, 4.69) is 16.7 Å². The number of hydrogen-bond donors (Lipinski definition) is 2. The van der Waals surface area contributed by atoms with Crippen LogP contribution in [0.1, 0.15) is 38.8 Å². The lowest BCUT2D eigenvalue weighted by Gasteiger charge is -2.40. The summed E-state index contributed by atoms with van der Waals surface area (Å²) in [5.41, 5.74) is 5.10.